The van der Waals surface area contributed by atoms with Crippen LogP contribution >= 0.6 is 24.0 Å². The van der Waals surface area contributed by atoms with Crippen LogP contribution in [0.1, 0.15) is 37.5 Å². The minimum atomic E-state index is 0. The standard InChI is InChI=1S/C15H24N4O.HI/c1-18(12-6-7-12)15(16)17-11-13(14-5-4-10-20-14)19-8-2-3-9-19;/h4-5,10,12-13H,2-3,6-9,11H2,1H3,(H2,16,17);1H. The highest BCUT2D eigenvalue weighted by Crippen LogP contribution is 2.27. The van der Waals surface area contributed by atoms with E-state index >= 15 is 0 Å². The van der Waals surface area contributed by atoms with Crippen molar-refractivity contribution < 1.29 is 4.42 Å². The number of nitrogens with two attached hydrogens (primary N) is 1. The van der Waals surface area contributed by atoms with Crippen molar-refractivity contribution in [2.24, 2.45) is 10.7 Å². The van der Waals surface area contributed by atoms with Gasteiger partial charge in [0.05, 0.1) is 18.8 Å². The fourth-order valence-corrected chi connectivity index (χ4v) is 2.86. The molecule has 5 nitrogen and oxygen atoms in total. The van der Waals surface area contributed by atoms with Gasteiger partial charge in [0.1, 0.15) is 5.76 Å². The van der Waals surface area contributed by atoms with E-state index in [2.05, 4.69) is 14.8 Å². The van der Waals surface area contributed by atoms with Crippen molar-refractivity contribution in [3.05, 3.63) is 24.2 Å². The molecule has 1 saturated heterocycles. The van der Waals surface area contributed by atoms with Crippen LogP contribution in [0.3, 0.4) is 0 Å². The predicted octanol–water partition coefficient (Wildman–Crippen LogP) is 2.44. The maximum atomic E-state index is 6.09. The van der Waals surface area contributed by atoms with E-state index in [-0.39, 0.29) is 30.0 Å². The van der Waals surface area contributed by atoms with Crippen LogP contribution in [-0.2, 0) is 0 Å². The van der Waals surface area contributed by atoms with E-state index in [0.717, 1.165) is 18.8 Å². The lowest BCUT2D eigenvalue weighted by atomic mass is 10.2. The van der Waals surface area contributed by atoms with Gasteiger partial charge in [0, 0.05) is 13.1 Å². The molecule has 1 unspecified atom stereocenters. The second-order valence-electron chi connectivity index (χ2n) is 5.82. The highest BCUT2D eigenvalue weighted by Gasteiger charge is 2.28. The summed E-state index contributed by atoms with van der Waals surface area (Å²) in [6.07, 6.45) is 6.74. The molecular formula is C15H25IN4O. The van der Waals surface area contributed by atoms with E-state index in [0.29, 0.717) is 18.5 Å². The lowest BCUT2D eigenvalue weighted by molar-refractivity contribution is 0.220. The van der Waals surface area contributed by atoms with E-state index in [1.165, 1.54) is 25.7 Å². The van der Waals surface area contributed by atoms with Crippen molar-refractivity contribution in [2.45, 2.75) is 37.8 Å². The van der Waals surface area contributed by atoms with Crippen molar-refractivity contribution in [1.82, 2.24) is 9.80 Å². The molecule has 1 aromatic rings. The minimum absolute atomic E-state index is 0. The van der Waals surface area contributed by atoms with E-state index < -0.39 is 0 Å². The Morgan fingerprint density at radius 1 is 1.48 bits per heavy atom. The van der Waals surface area contributed by atoms with E-state index in [4.69, 9.17) is 10.2 Å². The summed E-state index contributed by atoms with van der Waals surface area (Å²) in [6, 6.07) is 4.81. The molecule has 2 aliphatic rings. The van der Waals surface area contributed by atoms with Gasteiger partial charge in [0.15, 0.2) is 5.96 Å². The van der Waals surface area contributed by atoms with Crippen LogP contribution in [0, 0.1) is 0 Å². The zero-order chi connectivity index (χ0) is 13.9. The van der Waals surface area contributed by atoms with Crippen LogP contribution in [0.25, 0.3) is 0 Å². The number of likely N-dealkylation sites (tertiary alicyclic amines) is 1. The average Bonchev–Trinajstić information content (AvgIpc) is 2.94. The third kappa shape index (κ3) is 4.12. The Morgan fingerprint density at radius 3 is 2.76 bits per heavy atom. The van der Waals surface area contributed by atoms with Crippen LogP contribution in [0.2, 0.25) is 0 Å². The first-order valence-electron chi connectivity index (χ1n) is 7.56. The molecule has 21 heavy (non-hydrogen) atoms. The number of nitrogens with zero attached hydrogens (tertiary/aromatic N) is 3. The van der Waals surface area contributed by atoms with Gasteiger partial charge < -0.3 is 15.1 Å². The SMILES string of the molecule is CN(C(N)=NCC(c1ccco1)N1CCCC1)C1CC1.I. The summed E-state index contributed by atoms with van der Waals surface area (Å²) in [7, 11) is 2.04. The molecular weight excluding hydrogens is 379 g/mol. The Kier molecular flexibility index (Phi) is 5.92. The number of halogens is 1. The van der Waals surface area contributed by atoms with Gasteiger partial charge in [-0.25, -0.2) is 0 Å². The highest BCUT2D eigenvalue weighted by molar-refractivity contribution is 14.0. The lowest BCUT2D eigenvalue weighted by Crippen LogP contribution is -2.37. The van der Waals surface area contributed by atoms with Crippen molar-refractivity contribution in [2.75, 3.05) is 26.7 Å². The molecule has 0 aromatic carbocycles. The monoisotopic (exact) mass is 404 g/mol. The molecule has 1 aliphatic carbocycles. The van der Waals surface area contributed by atoms with Crippen molar-refractivity contribution >= 4 is 29.9 Å². The third-order valence-corrected chi connectivity index (χ3v) is 4.34. The largest absolute Gasteiger partial charge is 0.468 e. The van der Waals surface area contributed by atoms with E-state index in [1.807, 2.05) is 19.2 Å². The Labute approximate surface area is 143 Å². The van der Waals surface area contributed by atoms with Gasteiger partial charge in [-0.3, -0.25) is 9.89 Å². The summed E-state index contributed by atoms with van der Waals surface area (Å²) in [5.74, 6) is 1.65. The number of guanidine groups is 1. The second kappa shape index (κ2) is 7.49. The molecule has 0 radical (unpaired) electrons. The van der Waals surface area contributed by atoms with E-state index in [9.17, 15) is 0 Å². The molecule has 2 fully saturated rings. The van der Waals surface area contributed by atoms with Gasteiger partial charge in [-0.05, 0) is 50.9 Å². The second-order valence-corrected chi connectivity index (χ2v) is 5.82. The summed E-state index contributed by atoms with van der Waals surface area (Å²) in [5.41, 5.74) is 6.09. The maximum absolute atomic E-state index is 6.09. The van der Waals surface area contributed by atoms with Gasteiger partial charge in [-0.15, -0.1) is 24.0 Å². The number of furan rings is 1. The summed E-state index contributed by atoms with van der Waals surface area (Å²) in [5, 5.41) is 0. The normalized spacial score (nSPS) is 21.1. The quantitative estimate of drug-likeness (QED) is 0.466. The maximum Gasteiger partial charge on any atom is 0.191 e. The highest BCUT2D eigenvalue weighted by atomic mass is 127. The third-order valence-electron chi connectivity index (χ3n) is 4.34. The average molecular weight is 404 g/mol. The minimum Gasteiger partial charge on any atom is -0.468 e. The predicted molar refractivity (Wildman–Crippen MR) is 94.9 cm³/mol. The van der Waals surface area contributed by atoms with Gasteiger partial charge in [0.2, 0.25) is 0 Å². The number of rotatable bonds is 5. The summed E-state index contributed by atoms with van der Waals surface area (Å²) in [6.45, 7) is 2.93. The Hall–Kier alpha value is -0.760. The number of hydrogen-bond donors (Lipinski definition) is 1. The molecule has 1 saturated carbocycles. The molecule has 0 amide bonds. The first-order chi connectivity index (χ1) is 9.75. The Balaban J connectivity index is 0.00000161. The molecule has 0 bridgehead atoms. The topological polar surface area (TPSA) is 58.0 Å². The zero-order valence-electron chi connectivity index (χ0n) is 12.6. The van der Waals surface area contributed by atoms with Gasteiger partial charge in [0.25, 0.3) is 0 Å². The summed E-state index contributed by atoms with van der Waals surface area (Å²) < 4.78 is 5.60. The molecule has 1 aliphatic heterocycles. The van der Waals surface area contributed by atoms with Crippen LogP contribution in [0.15, 0.2) is 27.8 Å². The van der Waals surface area contributed by atoms with Crippen molar-refractivity contribution in [3.8, 4) is 0 Å². The Bertz CT molecular complexity index is 452. The molecule has 1 atom stereocenters. The summed E-state index contributed by atoms with van der Waals surface area (Å²) >= 11 is 0. The van der Waals surface area contributed by atoms with Crippen molar-refractivity contribution in [1.29, 1.82) is 0 Å². The molecule has 1 aromatic heterocycles. The fourth-order valence-electron chi connectivity index (χ4n) is 2.86. The van der Waals surface area contributed by atoms with Crippen molar-refractivity contribution in [3.63, 3.8) is 0 Å². The number of aliphatic imine (C=N–C) groups is 1. The van der Waals surface area contributed by atoms with Gasteiger partial charge in [-0.2, -0.15) is 0 Å². The molecule has 118 valence electrons. The number of hydrogen-bond acceptors (Lipinski definition) is 3. The van der Waals surface area contributed by atoms with Gasteiger partial charge >= 0.3 is 0 Å². The smallest absolute Gasteiger partial charge is 0.191 e. The van der Waals surface area contributed by atoms with Crippen LogP contribution < -0.4 is 5.73 Å². The molecule has 0 spiro atoms. The molecule has 3 rings (SSSR count). The molecule has 2 N–H and O–H groups in total. The summed E-state index contributed by atoms with van der Waals surface area (Å²) in [4.78, 5) is 9.16. The van der Waals surface area contributed by atoms with Gasteiger partial charge in [-0.1, -0.05) is 0 Å². The fraction of sp³-hybridized carbons (Fsp3) is 0.667. The van der Waals surface area contributed by atoms with E-state index in [1.54, 1.807) is 6.26 Å². The first kappa shape index (κ1) is 16.6. The lowest BCUT2D eigenvalue weighted by Gasteiger charge is -2.25. The van der Waals surface area contributed by atoms with Crippen LogP contribution in [-0.4, -0.2) is 48.5 Å². The zero-order valence-corrected chi connectivity index (χ0v) is 14.9. The Morgan fingerprint density at radius 2 is 2.19 bits per heavy atom. The molecule has 2 heterocycles. The first-order valence-corrected chi connectivity index (χ1v) is 7.56. The van der Waals surface area contributed by atoms with Crippen LogP contribution in [0.4, 0.5) is 0 Å². The van der Waals surface area contributed by atoms with Crippen LogP contribution in [0.5, 0.6) is 0 Å². The molecule has 6 heteroatoms.